The van der Waals surface area contributed by atoms with E-state index in [1.807, 2.05) is 6.92 Å². The van der Waals surface area contributed by atoms with Crippen LogP contribution < -0.4 is 0 Å². The topological polar surface area (TPSA) is 42.3 Å². The van der Waals surface area contributed by atoms with Gasteiger partial charge in [0.2, 0.25) is 5.96 Å². The van der Waals surface area contributed by atoms with Crippen LogP contribution in [0, 0.1) is 11.3 Å². The summed E-state index contributed by atoms with van der Waals surface area (Å²) >= 11 is 1.65. The molecule has 0 aliphatic rings. The third-order valence-electron chi connectivity index (χ3n) is 1.79. The molecule has 0 saturated heterocycles. The van der Waals surface area contributed by atoms with E-state index < -0.39 is 6.92 Å². The Balaban J connectivity index is 4.32. The molecule has 0 aliphatic carbocycles. The minimum Gasteiger partial charge on any atom is -0.269 e. The molecule has 0 aromatic carbocycles. The van der Waals surface area contributed by atoms with Crippen molar-refractivity contribution < 1.29 is 9.05 Å². The maximum Gasteiger partial charge on any atom is 0.378 e. The molecule has 5 heteroatoms. The molecule has 0 aliphatic heterocycles. The fraction of sp³-hybridized carbons (Fsp3) is 0.909. The fourth-order valence-corrected chi connectivity index (χ4v) is 5.66. The SMILES string of the molecule is CCO[P+](C=N)(OCCC(C)C)SC(C)C. The Kier molecular flexibility index (Phi) is 8.65. The van der Waals surface area contributed by atoms with Crippen molar-refractivity contribution in [3.8, 4) is 0 Å². The Bertz CT molecular complexity index is 202. The van der Waals surface area contributed by atoms with Gasteiger partial charge < -0.3 is 0 Å². The van der Waals surface area contributed by atoms with Gasteiger partial charge in [-0.1, -0.05) is 13.8 Å². The monoisotopic (exact) mass is 266 g/mol. The van der Waals surface area contributed by atoms with E-state index in [-0.39, 0.29) is 0 Å². The Labute approximate surface area is 104 Å². The standard InChI is InChI=1S/C11H25NO2PS/c1-6-13-15(9-12,16-11(4)5)14-8-7-10(2)3/h9-12H,6-8H2,1-5H3/q+1. The minimum absolute atomic E-state index is 0.417. The van der Waals surface area contributed by atoms with Crippen molar-refractivity contribution >= 4 is 24.3 Å². The van der Waals surface area contributed by atoms with Crippen molar-refractivity contribution in [1.82, 2.24) is 0 Å². The highest BCUT2D eigenvalue weighted by Gasteiger charge is 2.43. The quantitative estimate of drug-likeness (QED) is 0.490. The van der Waals surface area contributed by atoms with Gasteiger partial charge in [0.25, 0.3) is 0 Å². The number of nitrogens with one attached hydrogen (secondary N) is 1. The summed E-state index contributed by atoms with van der Waals surface area (Å²) in [6.07, 6.45) is 1.02. The molecule has 0 rings (SSSR count). The van der Waals surface area contributed by atoms with Gasteiger partial charge in [-0.2, -0.15) is 9.05 Å². The van der Waals surface area contributed by atoms with Crippen molar-refractivity contribution in [1.29, 1.82) is 5.41 Å². The summed E-state index contributed by atoms with van der Waals surface area (Å²) in [4.78, 5) is 0. The summed E-state index contributed by atoms with van der Waals surface area (Å²) < 4.78 is 11.5. The van der Waals surface area contributed by atoms with Crippen molar-refractivity contribution in [3.05, 3.63) is 0 Å². The maximum absolute atomic E-state index is 7.54. The third kappa shape index (κ3) is 6.85. The van der Waals surface area contributed by atoms with E-state index in [0.717, 1.165) is 6.42 Å². The molecule has 0 aromatic heterocycles. The zero-order valence-corrected chi connectivity index (χ0v) is 12.7. The molecule has 1 N–H and O–H groups in total. The van der Waals surface area contributed by atoms with E-state index in [1.54, 1.807) is 11.4 Å². The maximum atomic E-state index is 7.54. The Hall–Kier alpha value is 0.370. The van der Waals surface area contributed by atoms with Gasteiger partial charge in [-0.25, -0.2) is 0 Å². The molecule has 0 amide bonds. The van der Waals surface area contributed by atoms with E-state index in [2.05, 4.69) is 27.7 Å². The highest BCUT2D eigenvalue weighted by molar-refractivity contribution is 8.63. The van der Waals surface area contributed by atoms with Crippen LogP contribution in [0.5, 0.6) is 0 Å². The van der Waals surface area contributed by atoms with Gasteiger partial charge >= 0.3 is 6.92 Å². The third-order valence-corrected chi connectivity index (χ3v) is 7.08. The molecule has 3 nitrogen and oxygen atoms in total. The second kappa shape index (κ2) is 8.46. The van der Waals surface area contributed by atoms with E-state index in [0.29, 0.717) is 24.4 Å². The van der Waals surface area contributed by atoms with E-state index in [9.17, 15) is 0 Å². The molecule has 16 heavy (non-hydrogen) atoms. The lowest BCUT2D eigenvalue weighted by Gasteiger charge is -2.19. The summed E-state index contributed by atoms with van der Waals surface area (Å²) in [5, 5.41) is 7.96. The van der Waals surface area contributed by atoms with Crippen LogP contribution in [0.3, 0.4) is 0 Å². The predicted molar refractivity (Wildman–Crippen MR) is 75.5 cm³/mol. The molecule has 0 spiro atoms. The predicted octanol–water partition coefficient (Wildman–Crippen LogP) is 4.60. The molecular formula is C11H25NO2PS+. The molecular weight excluding hydrogens is 241 g/mol. The van der Waals surface area contributed by atoms with Crippen LogP contribution in [-0.2, 0) is 9.05 Å². The van der Waals surface area contributed by atoms with Gasteiger partial charge in [-0.15, -0.1) is 0 Å². The molecule has 0 aromatic rings. The van der Waals surface area contributed by atoms with Crippen molar-refractivity contribution in [3.63, 3.8) is 0 Å². The molecule has 0 heterocycles. The van der Waals surface area contributed by atoms with Gasteiger partial charge in [-0.05, 0) is 33.1 Å². The average Bonchev–Trinajstić information content (AvgIpc) is 2.16. The fourth-order valence-electron chi connectivity index (χ4n) is 1.09. The lowest BCUT2D eigenvalue weighted by Crippen LogP contribution is -2.06. The molecule has 0 fully saturated rings. The van der Waals surface area contributed by atoms with Crippen LogP contribution in [-0.4, -0.2) is 24.4 Å². The van der Waals surface area contributed by atoms with Crippen LogP contribution in [0.1, 0.15) is 41.0 Å². The molecule has 0 saturated carbocycles. The number of hydrogen-bond acceptors (Lipinski definition) is 4. The lowest BCUT2D eigenvalue weighted by molar-refractivity contribution is 0.250. The molecule has 1 unspecified atom stereocenters. The zero-order valence-electron chi connectivity index (χ0n) is 11.0. The zero-order chi connectivity index (χ0) is 12.6. The summed E-state index contributed by atoms with van der Waals surface area (Å²) in [5.74, 6) is 2.00. The molecule has 0 radical (unpaired) electrons. The number of hydrogen-bond donors (Lipinski definition) is 1. The first-order valence-corrected chi connectivity index (χ1v) is 9.01. The van der Waals surface area contributed by atoms with Crippen LogP contribution >= 0.6 is 18.3 Å². The first-order chi connectivity index (χ1) is 7.45. The minimum atomic E-state index is -2.13. The largest absolute Gasteiger partial charge is 0.378 e. The van der Waals surface area contributed by atoms with Crippen molar-refractivity contribution in [2.45, 2.75) is 46.3 Å². The van der Waals surface area contributed by atoms with Crippen LogP contribution in [0.15, 0.2) is 0 Å². The van der Waals surface area contributed by atoms with Gasteiger partial charge in [0, 0.05) is 5.25 Å². The normalized spacial score (nSPS) is 15.4. The summed E-state index contributed by atoms with van der Waals surface area (Å²) in [7, 11) is 0. The number of rotatable bonds is 9. The highest BCUT2D eigenvalue weighted by Crippen LogP contribution is 2.70. The van der Waals surface area contributed by atoms with E-state index >= 15 is 0 Å². The summed E-state index contributed by atoms with van der Waals surface area (Å²) in [6.45, 7) is 9.65. The Morgan fingerprint density at radius 2 is 1.88 bits per heavy atom. The second-order valence-corrected chi connectivity index (χ2v) is 9.42. The van der Waals surface area contributed by atoms with Gasteiger partial charge in [-0.3, -0.25) is 5.41 Å². The lowest BCUT2D eigenvalue weighted by atomic mass is 10.2. The van der Waals surface area contributed by atoms with Gasteiger partial charge in [0.05, 0.1) is 24.6 Å². The first-order valence-electron chi connectivity index (χ1n) is 5.83. The smallest absolute Gasteiger partial charge is 0.269 e. The Morgan fingerprint density at radius 3 is 2.25 bits per heavy atom. The molecule has 0 bridgehead atoms. The summed E-state index contributed by atoms with van der Waals surface area (Å²) in [5.41, 5.74) is 0. The van der Waals surface area contributed by atoms with Crippen LogP contribution in [0.2, 0.25) is 0 Å². The summed E-state index contributed by atoms with van der Waals surface area (Å²) in [6, 6.07) is 0. The Morgan fingerprint density at radius 1 is 1.25 bits per heavy atom. The van der Waals surface area contributed by atoms with Crippen LogP contribution in [0.4, 0.5) is 0 Å². The van der Waals surface area contributed by atoms with Crippen molar-refractivity contribution in [2.75, 3.05) is 13.2 Å². The van der Waals surface area contributed by atoms with E-state index in [1.165, 1.54) is 5.96 Å². The highest BCUT2D eigenvalue weighted by atomic mass is 32.7. The van der Waals surface area contributed by atoms with Crippen molar-refractivity contribution in [2.24, 2.45) is 5.92 Å². The van der Waals surface area contributed by atoms with Gasteiger partial charge in [0.1, 0.15) is 0 Å². The molecule has 1 atom stereocenters. The molecule has 96 valence electrons. The van der Waals surface area contributed by atoms with Crippen LogP contribution in [0.25, 0.3) is 0 Å². The van der Waals surface area contributed by atoms with E-state index in [4.69, 9.17) is 14.5 Å². The van der Waals surface area contributed by atoms with Gasteiger partial charge in [0.15, 0.2) is 0 Å². The first kappa shape index (κ1) is 16.4. The average molecular weight is 266 g/mol. The second-order valence-electron chi connectivity index (χ2n) is 4.26.